The zero-order valence-corrected chi connectivity index (χ0v) is 11.9. The highest BCUT2D eigenvalue weighted by Gasteiger charge is 2.36. The molecule has 1 aliphatic rings. The van der Waals surface area contributed by atoms with Gasteiger partial charge >= 0.3 is 0 Å². The third kappa shape index (κ3) is 3.26. The molecule has 2 rings (SSSR count). The van der Waals surface area contributed by atoms with E-state index in [0.717, 1.165) is 5.56 Å². The first kappa shape index (κ1) is 14.3. The number of rotatable bonds is 3. The lowest BCUT2D eigenvalue weighted by molar-refractivity contribution is -0.151. The van der Waals surface area contributed by atoms with Gasteiger partial charge in [-0.3, -0.25) is 14.5 Å². The number of imide groups is 1. The Balaban J connectivity index is 2.07. The molecule has 0 bridgehead atoms. The largest absolute Gasteiger partial charge is 0.398 e. The van der Waals surface area contributed by atoms with E-state index in [2.05, 4.69) is 0 Å². The molecule has 20 heavy (non-hydrogen) atoms. The number of nitrogens with two attached hydrogens (primary N) is 1. The topological polar surface area (TPSA) is 63.4 Å². The molecule has 1 heterocycles. The van der Waals surface area contributed by atoms with Crippen LogP contribution in [0.2, 0.25) is 0 Å². The van der Waals surface area contributed by atoms with Gasteiger partial charge in [-0.05, 0) is 17.1 Å². The zero-order chi connectivity index (χ0) is 14.8. The summed E-state index contributed by atoms with van der Waals surface area (Å²) < 4.78 is 0. The quantitative estimate of drug-likeness (QED) is 0.858. The first-order valence-corrected chi connectivity index (χ1v) is 6.73. The Hall–Kier alpha value is -2.10. The SMILES string of the molecule is CC1(C)CC(=O)N(CC=C(N)c2ccccc2)C(=O)C1. The van der Waals surface area contributed by atoms with Gasteiger partial charge in [-0.1, -0.05) is 44.2 Å². The Kier molecular flexibility index (Phi) is 3.93. The third-order valence-corrected chi connectivity index (χ3v) is 3.46. The van der Waals surface area contributed by atoms with Gasteiger partial charge in [0, 0.05) is 25.1 Å². The third-order valence-electron chi connectivity index (χ3n) is 3.46. The fourth-order valence-electron chi connectivity index (χ4n) is 2.35. The van der Waals surface area contributed by atoms with Crippen LogP contribution in [0.3, 0.4) is 0 Å². The number of amides is 2. The van der Waals surface area contributed by atoms with E-state index < -0.39 is 0 Å². The molecule has 1 aromatic rings. The normalized spacial score (nSPS) is 19.3. The number of carbonyl (C=O) groups is 2. The van der Waals surface area contributed by atoms with Crippen LogP contribution in [-0.4, -0.2) is 23.3 Å². The minimum absolute atomic E-state index is 0.122. The average Bonchev–Trinajstić information content (AvgIpc) is 2.37. The van der Waals surface area contributed by atoms with Gasteiger partial charge in [0.1, 0.15) is 0 Å². The molecule has 1 aromatic carbocycles. The zero-order valence-electron chi connectivity index (χ0n) is 11.9. The van der Waals surface area contributed by atoms with Crippen molar-refractivity contribution < 1.29 is 9.59 Å². The Morgan fingerprint density at radius 1 is 1.20 bits per heavy atom. The van der Waals surface area contributed by atoms with Crippen LogP contribution >= 0.6 is 0 Å². The summed E-state index contributed by atoms with van der Waals surface area (Å²) in [6, 6.07) is 9.51. The molecule has 106 valence electrons. The Morgan fingerprint density at radius 2 is 1.75 bits per heavy atom. The first-order chi connectivity index (χ1) is 9.39. The number of carbonyl (C=O) groups excluding carboxylic acids is 2. The molecule has 0 atom stereocenters. The summed E-state index contributed by atoms with van der Waals surface area (Å²) in [5.74, 6) is -0.244. The van der Waals surface area contributed by atoms with Crippen molar-refractivity contribution in [1.29, 1.82) is 0 Å². The first-order valence-electron chi connectivity index (χ1n) is 6.73. The van der Waals surface area contributed by atoms with Crippen molar-refractivity contribution in [2.75, 3.05) is 6.54 Å². The van der Waals surface area contributed by atoms with Crippen molar-refractivity contribution >= 4 is 17.5 Å². The van der Waals surface area contributed by atoms with Crippen LogP contribution in [0.15, 0.2) is 36.4 Å². The van der Waals surface area contributed by atoms with Crippen molar-refractivity contribution in [2.45, 2.75) is 26.7 Å². The van der Waals surface area contributed by atoms with Gasteiger partial charge in [0.25, 0.3) is 0 Å². The van der Waals surface area contributed by atoms with Crippen molar-refractivity contribution in [3.63, 3.8) is 0 Å². The predicted molar refractivity (Wildman–Crippen MR) is 78.3 cm³/mol. The summed E-state index contributed by atoms with van der Waals surface area (Å²) in [6.07, 6.45) is 2.53. The van der Waals surface area contributed by atoms with Crippen LogP contribution in [0.4, 0.5) is 0 Å². The fraction of sp³-hybridized carbons (Fsp3) is 0.375. The molecule has 1 fully saturated rings. The minimum Gasteiger partial charge on any atom is -0.398 e. The molecule has 0 radical (unpaired) electrons. The molecule has 0 aliphatic carbocycles. The van der Waals surface area contributed by atoms with E-state index in [1.165, 1.54) is 4.90 Å². The molecule has 0 spiro atoms. The van der Waals surface area contributed by atoms with Gasteiger partial charge in [-0.25, -0.2) is 0 Å². The van der Waals surface area contributed by atoms with E-state index in [9.17, 15) is 9.59 Å². The smallest absolute Gasteiger partial charge is 0.230 e. The van der Waals surface area contributed by atoms with Crippen LogP contribution < -0.4 is 5.73 Å². The van der Waals surface area contributed by atoms with Gasteiger partial charge in [-0.2, -0.15) is 0 Å². The van der Waals surface area contributed by atoms with Crippen molar-refractivity contribution in [3.8, 4) is 0 Å². The average molecular weight is 272 g/mol. The molecule has 2 amide bonds. The summed E-state index contributed by atoms with van der Waals surface area (Å²) in [4.78, 5) is 25.3. The molecule has 1 saturated heterocycles. The van der Waals surface area contributed by atoms with Crippen LogP contribution in [0, 0.1) is 5.41 Å². The maximum absolute atomic E-state index is 12.0. The summed E-state index contributed by atoms with van der Waals surface area (Å²) in [5.41, 5.74) is 7.20. The Labute approximate surface area is 119 Å². The number of hydrogen-bond acceptors (Lipinski definition) is 3. The summed E-state index contributed by atoms with van der Waals surface area (Å²) in [5, 5.41) is 0. The van der Waals surface area contributed by atoms with Gasteiger partial charge < -0.3 is 5.73 Å². The van der Waals surface area contributed by atoms with Crippen LogP contribution in [0.5, 0.6) is 0 Å². The maximum Gasteiger partial charge on any atom is 0.230 e. The van der Waals surface area contributed by atoms with E-state index in [1.54, 1.807) is 6.08 Å². The van der Waals surface area contributed by atoms with E-state index in [4.69, 9.17) is 5.73 Å². The molecule has 0 aromatic heterocycles. The second-order valence-corrected chi connectivity index (χ2v) is 5.94. The van der Waals surface area contributed by atoms with E-state index in [1.807, 2.05) is 44.2 Å². The highest BCUT2D eigenvalue weighted by molar-refractivity contribution is 5.98. The van der Waals surface area contributed by atoms with Crippen molar-refractivity contribution in [1.82, 2.24) is 4.90 Å². The molecule has 1 aliphatic heterocycles. The van der Waals surface area contributed by atoms with Crippen LogP contribution in [0.1, 0.15) is 32.3 Å². The molecule has 0 unspecified atom stereocenters. The summed E-state index contributed by atoms with van der Waals surface area (Å²) in [6.45, 7) is 4.12. The number of hydrogen-bond donors (Lipinski definition) is 1. The van der Waals surface area contributed by atoms with Gasteiger partial charge in [0.2, 0.25) is 11.8 Å². The van der Waals surface area contributed by atoms with E-state index in [-0.39, 0.29) is 23.8 Å². The fourth-order valence-corrected chi connectivity index (χ4v) is 2.35. The highest BCUT2D eigenvalue weighted by atomic mass is 16.2. The molecule has 4 heteroatoms. The van der Waals surface area contributed by atoms with Crippen molar-refractivity contribution in [2.24, 2.45) is 11.1 Å². The van der Waals surface area contributed by atoms with Crippen molar-refractivity contribution in [3.05, 3.63) is 42.0 Å². The lowest BCUT2D eigenvalue weighted by Gasteiger charge is -2.34. The highest BCUT2D eigenvalue weighted by Crippen LogP contribution is 2.31. The predicted octanol–water partition coefficient (Wildman–Crippen LogP) is 2.16. The van der Waals surface area contributed by atoms with Gasteiger partial charge in [0.05, 0.1) is 0 Å². The second kappa shape index (κ2) is 5.49. The lowest BCUT2D eigenvalue weighted by Crippen LogP contribution is -2.46. The van der Waals surface area contributed by atoms with E-state index >= 15 is 0 Å². The molecule has 4 nitrogen and oxygen atoms in total. The number of likely N-dealkylation sites (tertiary alicyclic amines) is 1. The van der Waals surface area contributed by atoms with Crippen LogP contribution in [-0.2, 0) is 9.59 Å². The lowest BCUT2D eigenvalue weighted by atomic mass is 9.82. The number of piperidine rings is 1. The number of nitrogens with zero attached hydrogens (tertiary/aromatic N) is 1. The minimum atomic E-state index is -0.237. The molecular weight excluding hydrogens is 252 g/mol. The summed E-state index contributed by atoms with van der Waals surface area (Å²) >= 11 is 0. The molecular formula is C16H20N2O2. The van der Waals surface area contributed by atoms with Gasteiger partial charge in [0.15, 0.2) is 0 Å². The maximum atomic E-state index is 12.0. The summed E-state index contributed by atoms with van der Waals surface area (Å²) in [7, 11) is 0. The number of benzene rings is 1. The Bertz CT molecular complexity index is 527. The molecule has 2 N–H and O–H groups in total. The monoisotopic (exact) mass is 272 g/mol. The second-order valence-electron chi connectivity index (χ2n) is 5.94. The molecule has 0 saturated carbocycles. The Morgan fingerprint density at radius 3 is 2.30 bits per heavy atom. The van der Waals surface area contributed by atoms with E-state index in [0.29, 0.717) is 18.5 Å². The van der Waals surface area contributed by atoms with Gasteiger partial charge in [-0.15, -0.1) is 0 Å². The van der Waals surface area contributed by atoms with Crippen LogP contribution in [0.25, 0.3) is 5.70 Å². The standard InChI is InChI=1S/C16H20N2O2/c1-16(2)10-14(19)18(15(20)11-16)9-8-13(17)12-6-4-3-5-7-12/h3-8H,9-11,17H2,1-2H3.